The first-order valence-corrected chi connectivity index (χ1v) is 10.6. The number of carbonyl (C=O) groups excluding carboxylic acids is 2. The van der Waals surface area contributed by atoms with Crippen LogP contribution in [0.4, 0.5) is 10.1 Å². The highest BCUT2D eigenvalue weighted by molar-refractivity contribution is 7.18. The number of nitrogens with zero attached hydrogens (tertiary/aromatic N) is 3. The minimum atomic E-state index is -0.456. The van der Waals surface area contributed by atoms with Crippen LogP contribution >= 0.6 is 11.3 Å². The van der Waals surface area contributed by atoms with Gasteiger partial charge in [-0.2, -0.15) is 0 Å². The maximum absolute atomic E-state index is 13.5. The molecule has 2 fully saturated rings. The fraction of sp³-hybridized carbons (Fsp3) is 0.318. The molecule has 2 aromatic carbocycles. The molecule has 0 radical (unpaired) electrons. The number of hydrogen-bond acceptors (Lipinski definition) is 5. The summed E-state index contributed by atoms with van der Waals surface area (Å²) in [5, 5.41) is 1.15. The van der Waals surface area contributed by atoms with Gasteiger partial charge in [0, 0.05) is 5.92 Å². The van der Waals surface area contributed by atoms with Crippen LogP contribution in [0.3, 0.4) is 0 Å². The summed E-state index contributed by atoms with van der Waals surface area (Å²) in [6.45, 7) is 1.50. The number of hydrogen-bond donors (Lipinski definition) is 0. The van der Waals surface area contributed by atoms with Crippen LogP contribution in [0, 0.1) is 5.82 Å². The van der Waals surface area contributed by atoms with Crippen LogP contribution in [-0.2, 0) is 9.59 Å². The van der Waals surface area contributed by atoms with Crippen molar-refractivity contribution in [2.45, 2.75) is 31.2 Å². The molecule has 0 spiro atoms. The SMILES string of the molecule is O=C1CC(N2CCC(c3nc4ccccc4s3)CC2)C(=O)N1c1cccc(F)c1. The summed E-state index contributed by atoms with van der Waals surface area (Å²) in [5.41, 5.74) is 1.35. The molecule has 5 rings (SSSR count). The molecule has 3 aromatic rings. The standard InChI is InChI=1S/C22H20FN3O2S/c23-15-4-3-5-16(12-15)26-20(27)13-18(22(26)28)25-10-8-14(9-11-25)21-24-17-6-1-2-7-19(17)29-21/h1-7,12,14,18H,8-11,13H2. The van der Waals surface area contributed by atoms with Crippen molar-refractivity contribution in [1.82, 2.24) is 9.88 Å². The van der Waals surface area contributed by atoms with E-state index in [9.17, 15) is 14.0 Å². The molecule has 5 nitrogen and oxygen atoms in total. The average Bonchev–Trinajstić information content (AvgIpc) is 3.29. The van der Waals surface area contributed by atoms with Gasteiger partial charge < -0.3 is 0 Å². The van der Waals surface area contributed by atoms with Crippen molar-refractivity contribution in [2.75, 3.05) is 18.0 Å². The van der Waals surface area contributed by atoms with Gasteiger partial charge >= 0.3 is 0 Å². The Morgan fingerprint density at radius 3 is 2.59 bits per heavy atom. The molecule has 0 saturated carbocycles. The molecule has 7 heteroatoms. The Bertz CT molecular complexity index is 1060. The van der Waals surface area contributed by atoms with Gasteiger partial charge in [-0.1, -0.05) is 18.2 Å². The number of aromatic nitrogens is 1. The maximum atomic E-state index is 13.5. The van der Waals surface area contributed by atoms with E-state index in [1.165, 1.54) is 22.9 Å². The van der Waals surface area contributed by atoms with Crippen LogP contribution in [0.2, 0.25) is 0 Å². The summed E-state index contributed by atoms with van der Waals surface area (Å²) in [7, 11) is 0. The van der Waals surface area contributed by atoms with E-state index in [2.05, 4.69) is 11.0 Å². The lowest BCUT2D eigenvalue weighted by Crippen LogP contribution is -2.45. The highest BCUT2D eigenvalue weighted by Gasteiger charge is 2.43. The zero-order chi connectivity index (χ0) is 20.0. The number of carbonyl (C=O) groups is 2. The van der Waals surface area contributed by atoms with E-state index < -0.39 is 11.9 Å². The molecule has 29 heavy (non-hydrogen) atoms. The molecule has 1 atom stereocenters. The van der Waals surface area contributed by atoms with Crippen LogP contribution in [0.5, 0.6) is 0 Å². The second kappa shape index (κ2) is 7.31. The van der Waals surface area contributed by atoms with Crippen molar-refractivity contribution in [3.63, 3.8) is 0 Å². The molecule has 1 aromatic heterocycles. The van der Waals surface area contributed by atoms with Gasteiger partial charge in [-0.05, 0) is 56.3 Å². The van der Waals surface area contributed by atoms with Gasteiger partial charge in [0.2, 0.25) is 5.91 Å². The summed E-state index contributed by atoms with van der Waals surface area (Å²) in [6, 6.07) is 13.4. The van der Waals surface area contributed by atoms with Gasteiger partial charge in [-0.25, -0.2) is 14.3 Å². The highest BCUT2D eigenvalue weighted by atomic mass is 32.1. The number of para-hydroxylation sites is 1. The van der Waals surface area contributed by atoms with E-state index in [0.29, 0.717) is 11.6 Å². The van der Waals surface area contributed by atoms with Gasteiger partial charge in [-0.3, -0.25) is 14.5 Å². The third-order valence-electron chi connectivity index (χ3n) is 5.82. The van der Waals surface area contributed by atoms with Crippen LogP contribution in [0.25, 0.3) is 10.2 Å². The van der Waals surface area contributed by atoms with Gasteiger partial charge in [0.1, 0.15) is 5.82 Å². The van der Waals surface area contributed by atoms with Crippen molar-refractivity contribution in [1.29, 1.82) is 0 Å². The van der Waals surface area contributed by atoms with E-state index >= 15 is 0 Å². The Morgan fingerprint density at radius 2 is 1.83 bits per heavy atom. The maximum Gasteiger partial charge on any atom is 0.251 e. The number of halogens is 1. The van der Waals surface area contributed by atoms with E-state index in [1.807, 2.05) is 18.2 Å². The van der Waals surface area contributed by atoms with Crippen molar-refractivity contribution < 1.29 is 14.0 Å². The van der Waals surface area contributed by atoms with E-state index in [0.717, 1.165) is 41.4 Å². The van der Waals surface area contributed by atoms with Gasteiger partial charge in [0.15, 0.2) is 0 Å². The first-order valence-electron chi connectivity index (χ1n) is 9.82. The predicted octanol–water partition coefficient (Wildman–Crippen LogP) is 3.95. The molecule has 148 valence electrons. The fourth-order valence-corrected chi connectivity index (χ4v) is 5.45. The third-order valence-corrected chi connectivity index (χ3v) is 7.02. The molecule has 2 aliphatic heterocycles. The number of imide groups is 1. The Kier molecular flexibility index (Phi) is 4.64. The lowest BCUT2D eigenvalue weighted by Gasteiger charge is -2.34. The molecule has 2 amide bonds. The van der Waals surface area contributed by atoms with Crippen LogP contribution in [-0.4, -0.2) is 40.8 Å². The topological polar surface area (TPSA) is 53.5 Å². The van der Waals surface area contributed by atoms with Crippen LogP contribution in [0.1, 0.15) is 30.2 Å². The quantitative estimate of drug-likeness (QED) is 0.615. The summed E-state index contributed by atoms with van der Waals surface area (Å²) in [6.07, 6.45) is 1.98. The Hall–Kier alpha value is -2.64. The molecule has 0 bridgehead atoms. The number of anilines is 1. The van der Waals surface area contributed by atoms with Crippen molar-refractivity contribution in [2.24, 2.45) is 0 Å². The number of rotatable bonds is 3. The van der Waals surface area contributed by atoms with Crippen LogP contribution < -0.4 is 4.90 Å². The van der Waals surface area contributed by atoms with Crippen LogP contribution in [0.15, 0.2) is 48.5 Å². The van der Waals surface area contributed by atoms with E-state index in [-0.39, 0.29) is 18.2 Å². The predicted molar refractivity (Wildman–Crippen MR) is 110 cm³/mol. The second-order valence-corrected chi connectivity index (χ2v) is 8.66. The number of fused-ring (bicyclic) bond motifs is 1. The molecular formula is C22H20FN3O2S. The van der Waals surface area contributed by atoms with Crippen molar-refractivity contribution in [3.05, 3.63) is 59.4 Å². The molecule has 0 aliphatic carbocycles. The molecular weight excluding hydrogens is 389 g/mol. The summed E-state index contributed by atoms with van der Waals surface area (Å²) >= 11 is 1.74. The normalized spacial score (nSPS) is 21.4. The number of benzene rings is 2. The number of amides is 2. The summed E-state index contributed by atoms with van der Waals surface area (Å²) in [5.74, 6) is -0.587. The summed E-state index contributed by atoms with van der Waals surface area (Å²) < 4.78 is 14.7. The second-order valence-electron chi connectivity index (χ2n) is 7.60. The molecule has 1 unspecified atom stereocenters. The Morgan fingerprint density at radius 1 is 1.03 bits per heavy atom. The fourth-order valence-electron chi connectivity index (χ4n) is 4.31. The van der Waals surface area contributed by atoms with Crippen molar-refractivity contribution >= 4 is 39.1 Å². The minimum Gasteiger partial charge on any atom is -0.291 e. The minimum absolute atomic E-state index is 0.154. The highest BCUT2D eigenvalue weighted by Crippen LogP contribution is 2.35. The molecule has 2 saturated heterocycles. The molecule has 2 aliphatic rings. The largest absolute Gasteiger partial charge is 0.291 e. The first kappa shape index (κ1) is 18.4. The number of thiazole rings is 1. The zero-order valence-electron chi connectivity index (χ0n) is 15.8. The van der Waals surface area contributed by atoms with Gasteiger partial charge in [-0.15, -0.1) is 11.3 Å². The van der Waals surface area contributed by atoms with Gasteiger partial charge in [0.25, 0.3) is 5.91 Å². The summed E-state index contributed by atoms with van der Waals surface area (Å²) in [4.78, 5) is 33.4. The molecule has 0 N–H and O–H groups in total. The average molecular weight is 409 g/mol. The number of likely N-dealkylation sites (tertiary alicyclic amines) is 1. The Labute approximate surface area is 171 Å². The van der Waals surface area contributed by atoms with E-state index in [4.69, 9.17) is 4.98 Å². The lowest BCUT2D eigenvalue weighted by molar-refractivity contribution is -0.123. The number of piperidine rings is 1. The van der Waals surface area contributed by atoms with E-state index in [1.54, 1.807) is 17.4 Å². The first-order chi connectivity index (χ1) is 14.1. The zero-order valence-corrected chi connectivity index (χ0v) is 16.6. The lowest BCUT2D eigenvalue weighted by atomic mass is 9.96. The Balaban J connectivity index is 1.28. The monoisotopic (exact) mass is 409 g/mol. The third kappa shape index (κ3) is 3.34. The molecule has 3 heterocycles. The van der Waals surface area contributed by atoms with Crippen molar-refractivity contribution in [3.8, 4) is 0 Å². The smallest absolute Gasteiger partial charge is 0.251 e. The van der Waals surface area contributed by atoms with Gasteiger partial charge in [0.05, 0.1) is 33.4 Å².